The second-order valence-corrected chi connectivity index (χ2v) is 5.14. The van der Waals surface area contributed by atoms with Crippen LogP contribution in [0.1, 0.15) is 25.5 Å². The van der Waals surface area contributed by atoms with Gasteiger partial charge in [-0.1, -0.05) is 22.9 Å². The Morgan fingerprint density at radius 2 is 1.81 bits per heavy atom. The van der Waals surface area contributed by atoms with Crippen LogP contribution >= 0.6 is 15.9 Å². The Morgan fingerprint density at radius 1 is 1.19 bits per heavy atom. The Balaban J connectivity index is 3.38. The molecule has 1 aromatic rings. The van der Waals surface area contributed by atoms with Gasteiger partial charge in [0.2, 0.25) is 0 Å². The lowest BCUT2D eigenvalue weighted by Gasteiger charge is -2.30. The van der Waals surface area contributed by atoms with Gasteiger partial charge in [0.15, 0.2) is 0 Å². The summed E-state index contributed by atoms with van der Waals surface area (Å²) in [6, 6.07) is 1.86. The first kappa shape index (κ1) is 18.2. The van der Waals surface area contributed by atoms with E-state index in [9.17, 15) is 22.0 Å². The molecule has 8 heteroatoms. The van der Waals surface area contributed by atoms with E-state index in [4.69, 9.17) is 4.74 Å². The summed E-state index contributed by atoms with van der Waals surface area (Å²) in [4.78, 5) is 0. The topological polar surface area (TPSA) is 21.3 Å². The number of nitrogens with one attached hydrogen (secondary N) is 1. The molecule has 1 atom stereocenters. The van der Waals surface area contributed by atoms with Crippen molar-refractivity contribution in [1.29, 1.82) is 0 Å². The van der Waals surface area contributed by atoms with Gasteiger partial charge in [0.25, 0.3) is 0 Å². The Kier molecular flexibility index (Phi) is 5.98. The lowest BCUT2D eigenvalue weighted by molar-refractivity contribution is -0.294. The van der Waals surface area contributed by atoms with Crippen molar-refractivity contribution < 1.29 is 26.7 Å². The summed E-state index contributed by atoms with van der Waals surface area (Å²) >= 11 is 3.07. The fraction of sp³-hybridized carbons (Fsp3) is 0.538. The highest BCUT2D eigenvalue weighted by atomic mass is 79.9. The van der Waals surface area contributed by atoms with Gasteiger partial charge in [-0.25, -0.2) is 0 Å². The highest BCUT2D eigenvalue weighted by Crippen LogP contribution is 2.46. The average molecular weight is 376 g/mol. The third-order valence-electron chi connectivity index (χ3n) is 2.73. The maximum Gasteiger partial charge on any atom is 0.455 e. The number of hydrogen-bond donors (Lipinski definition) is 1. The molecule has 0 fully saturated rings. The molecule has 0 bridgehead atoms. The van der Waals surface area contributed by atoms with Crippen molar-refractivity contribution in [2.24, 2.45) is 0 Å². The maximum absolute atomic E-state index is 13.8. The SMILES string of the molecule is CCNC(c1cc(Br)ccc1OCC)C(F)(F)C(F)(F)F. The first-order valence-electron chi connectivity index (χ1n) is 6.25. The van der Waals surface area contributed by atoms with E-state index in [1.807, 2.05) is 0 Å². The van der Waals surface area contributed by atoms with Crippen molar-refractivity contribution in [2.75, 3.05) is 13.2 Å². The van der Waals surface area contributed by atoms with E-state index < -0.39 is 18.1 Å². The molecule has 120 valence electrons. The van der Waals surface area contributed by atoms with E-state index in [1.54, 1.807) is 6.92 Å². The summed E-state index contributed by atoms with van der Waals surface area (Å²) in [5.41, 5.74) is -0.240. The molecule has 0 spiro atoms. The number of halogens is 6. The van der Waals surface area contributed by atoms with E-state index in [2.05, 4.69) is 21.2 Å². The lowest BCUT2D eigenvalue weighted by Crippen LogP contribution is -2.48. The van der Waals surface area contributed by atoms with Gasteiger partial charge in [0, 0.05) is 10.0 Å². The predicted molar refractivity (Wildman–Crippen MR) is 72.7 cm³/mol. The van der Waals surface area contributed by atoms with Crippen LogP contribution in [0.3, 0.4) is 0 Å². The molecule has 1 rings (SSSR count). The summed E-state index contributed by atoms with van der Waals surface area (Å²) in [6.07, 6.45) is -5.66. The molecular weight excluding hydrogens is 361 g/mol. The fourth-order valence-corrected chi connectivity index (χ4v) is 2.21. The van der Waals surface area contributed by atoms with Gasteiger partial charge in [-0.3, -0.25) is 0 Å². The molecule has 0 heterocycles. The van der Waals surface area contributed by atoms with Crippen molar-refractivity contribution in [3.05, 3.63) is 28.2 Å². The highest BCUT2D eigenvalue weighted by molar-refractivity contribution is 9.10. The highest BCUT2D eigenvalue weighted by Gasteiger charge is 2.63. The van der Waals surface area contributed by atoms with E-state index >= 15 is 0 Å². The van der Waals surface area contributed by atoms with Gasteiger partial charge in [0.1, 0.15) is 11.8 Å². The summed E-state index contributed by atoms with van der Waals surface area (Å²) in [7, 11) is 0. The maximum atomic E-state index is 13.8. The van der Waals surface area contributed by atoms with Gasteiger partial charge in [0.05, 0.1) is 6.61 Å². The van der Waals surface area contributed by atoms with Crippen LogP contribution < -0.4 is 10.1 Å². The fourth-order valence-electron chi connectivity index (χ4n) is 1.83. The molecule has 1 aromatic carbocycles. The molecule has 1 unspecified atom stereocenters. The van der Waals surface area contributed by atoms with Crippen molar-refractivity contribution in [3.63, 3.8) is 0 Å². The molecule has 0 aliphatic heterocycles. The number of ether oxygens (including phenoxy) is 1. The summed E-state index contributed by atoms with van der Waals surface area (Å²) in [5, 5.41) is 2.20. The molecule has 1 N–H and O–H groups in total. The van der Waals surface area contributed by atoms with Crippen LogP contribution in [0, 0.1) is 0 Å². The third-order valence-corrected chi connectivity index (χ3v) is 3.22. The predicted octanol–water partition coefficient (Wildman–Crippen LogP) is 4.70. The van der Waals surface area contributed by atoms with Gasteiger partial charge in [-0.15, -0.1) is 0 Å². The average Bonchev–Trinajstić information content (AvgIpc) is 2.37. The van der Waals surface area contributed by atoms with Crippen LogP contribution in [0.2, 0.25) is 0 Å². The number of hydrogen-bond acceptors (Lipinski definition) is 2. The van der Waals surface area contributed by atoms with E-state index in [0.29, 0.717) is 4.47 Å². The van der Waals surface area contributed by atoms with Crippen LogP contribution in [0.5, 0.6) is 5.75 Å². The lowest BCUT2D eigenvalue weighted by atomic mass is 9.98. The van der Waals surface area contributed by atoms with Gasteiger partial charge >= 0.3 is 12.1 Å². The van der Waals surface area contributed by atoms with Crippen LogP contribution in [0.15, 0.2) is 22.7 Å². The Bertz CT molecular complexity index is 478. The molecule has 0 aliphatic carbocycles. The number of alkyl halides is 5. The zero-order valence-corrected chi connectivity index (χ0v) is 13.0. The second-order valence-electron chi connectivity index (χ2n) is 4.23. The zero-order chi connectivity index (χ0) is 16.3. The smallest absolute Gasteiger partial charge is 0.455 e. The van der Waals surface area contributed by atoms with Crippen LogP contribution in [0.25, 0.3) is 0 Å². The van der Waals surface area contributed by atoms with Crippen molar-refractivity contribution in [2.45, 2.75) is 32.0 Å². The second kappa shape index (κ2) is 6.91. The Labute approximate surface area is 127 Å². The molecule has 0 radical (unpaired) electrons. The molecular formula is C13H15BrF5NO. The standard InChI is InChI=1S/C13H15BrF5NO/c1-3-20-11(12(15,16)13(17,18)19)9-7-8(14)5-6-10(9)21-4-2/h5-7,11,20H,3-4H2,1-2H3. The monoisotopic (exact) mass is 375 g/mol. The largest absolute Gasteiger partial charge is 0.494 e. The molecule has 2 nitrogen and oxygen atoms in total. The normalized spacial score (nSPS) is 14.1. The first-order valence-corrected chi connectivity index (χ1v) is 7.04. The van der Waals surface area contributed by atoms with Crippen LogP contribution in [-0.4, -0.2) is 25.3 Å². The molecule has 21 heavy (non-hydrogen) atoms. The van der Waals surface area contributed by atoms with Gasteiger partial charge in [-0.05, 0) is 31.7 Å². The summed E-state index contributed by atoms with van der Waals surface area (Å²) in [6.45, 7) is 3.19. The molecule has 0 aromatic heterocycles. The van der Waals surface area contributed by atoms with Crippen LogP contribution in [0.4, 0.5) is 22.0 Å². The van der Waals surface area contributed by atoms with Gasteiger partial charge in [-0.2, -0.15) is 22.0 Å². The number of rotatable bonds is 6. The minimum atomic E-state index is -5.66. The Morgan fingerprint density at radius 3 is 2.29 bits per heavy atom. The third kappa shape index (κ3) is 4.06. The Hall–Kier alpha value is -0.890. The summed E-state index contributed by atoms with van der Waals surface area (Å²) in [5.74, 6) is -4.93. The molecule has 0 amide bonds. The van der Waals surface area contributed by atoms with E-state index in [1.165, 1.54) is 25.1 Å². The zero-order valence-electron chi connectivity index (χ0n) is 11.4. The van der Waals surface area contributed by atoms with E-state index in [0.717, 1.165) is 0 Å². The van der Waals surface area contributed by atoms with Crippen molar-refractivity contribution in [3.8, 4) is 5.75 Å². The minimum absolute atomic E-state index is 0.00410. The molecule has 0 aliphatic rings. The molecule has 0 saturated carbocycles. The quantitative estimate of drug-likeness (QED) is 0.727. The minimum Gasteiger partial charge on any atom is -0.494 e. The first-order chi connectivity index (χ1) is 9.65. The molecule has 0 saturated heterocycles. The van der Waals surface area contributed by atoms with Crippen molar-refractivity contribution >= 4 is 15.9 Å². The van der Waals surface area contributed by atoms with E-state index in [-0.39, 0.29) is 24.5 Å². The van der Waals surface area contributed by atoms with Crippen molar-refractivity contribution in [1.82, 2.24) is 5.32 Å². The summed E-state index contributed by atoms with van der Waals surface area (Å²) < 4.78 is 71.1. The van der Waals surface area contributed by atoms with Gasteiger partial charge < -0.3 is 10.1 Å². The van der Waals surface area contributed by atoms with Crippen LogP contribution in [-0.2, 0) is 0 Å². The number of benzene rings is 1.